The predicted octanol–water partition coefficient (Wildman–Crippen LogP) is 5.11. The van der Waals surface area contributed by atoms with Gasteiger partial charge in [0.1, 0.15) is 17.2 Å². The fraction of sp³-hybridized carbons (Fsp3) is 0.179. The van der Waals surface area contributed by atoms with Gasteiger partial charge in [-0.1, -0.05) is 12.1 Å². The first-order valence-corrected chi connectivity index (χ1v) is 11.3. The molecule has 184 valence electrons. The van der Waals surface area contributed by atoms with Crippen LogP contribution in [0.1, 0.15) is 17.3 Å². The molecular formula is C28H26N2O6. The van der Waals surface area contributed by atoms with Crippen LogP contribution in [0.4, 0.5) is 5.69 Å². The second-order valence-electron chi connectivity index (χ2n) is 7.76. The molecule has 1 aromatic heterocycles. The van der Waals surface area contributed by atoms with Gasteiger partial charge in [-0.15, -0.1) is 0 Å². The van der Waals surface area contributed by atoms with Crippen molar-refractivity contribution in [1.82, 2.24) is 4.98 Å². The predicted molar refractivity (Wildman–Crippen MR) is 137 cm³/mol. The number of carbonyl (C=O) groups is 2. The van der Waals surface area contributed by atoms with Crippen LogP contribution in [0.3, 0.4) is 0 Å². The number of nitrogens with one attached hydrogen (secondary N) is 1. The van der Waals surface area contributed by atoms with Gasteiger partial charge in [0.05, 0.1) is 37.6 Å². The number of anilines is 1. The fourth-order valence-corrected chi connectivity index (χ4v) is 3.60. The lowest BCUT2D eigenvalue weighted by Crippen LogP contribution is -2.20. The molecule has 4 aromatic rings. The van der Waals surface area contributed by atoms with Gasteiger partial charge in [-0.25, -0.2) is 9.78 Å². The van der Waals surface area contributed by atoms with E-state index in [4.69, 9.17) is 23.9 Å². The Balaban J connectivity index is 1.65. The Hall–Kier alpha value is -4.59. The molecule has 0 saturated carbocycles. The zero-order chi connectivity index (χ0) is 25.5. The maximum absolute atomic E-state index is 12.6. The monoisotopic (exact) mass is 486 g/mol. The Morgan fingerprint density at radius 3 is 2.39 bits per heavy atom. The maximum atomic E-state index is 12.6. The van der Waals surface area contributed by atoms with Crippen molar-refractivity contribution in [2.24, 2.45) is 0 Å². The van der Waals surface area contributed by atoms with Crippen molar-refractivity contribution in [3.63, 3.8) is 0 Å². The first-order chi connectivity index (χ1) is 17.5. The molecule has 0 radical (unpaired) electrons. The number of hydrogen-bond acceptors (Lipinski definition) is 7. The molecular weight excluding hydrogens is 460 g/mol. The van der Waals surface area contributed by atoms with E-state index in [9.17, 15) is 9.59 Å². The van der Waals surface area contributed by atoms with Crippen molar-refractivity contribution >= 4 is 28.5 Å². The molecule has 1 heterocycles. The minimum Gasteiger partial charge on any atom is -0.497 e. The van der Waals surface area contributed by atoms with E-state index < -0.39 is 5.97 Å². The summed E-state index contributed by atoms with van der Waals surface area (Å²) in [6, 6.07) is 21.3. The van der Waals surface area contributed by atoms with Crippen LogP contribution in [-0.2, 0) is 9.53 Å². The number of hydrogen-bond donors (Lipinski definition) is 1. The highest BCUT2D eigenvalue weighted by molar-refractivity contribution is 5.97. The van der Waals surface area contributed by atoms with Crippen LogP contribution in [0, 0.1) is 0 Å². The number of methoxy groups -OCH3 is 2. The Morgan fingerprint density at radius 2 is 1.67 bits per heavy atom. The third-order valence-corrected chi connectivity index (χ3v) is 5.38. The molecule has 8 nitrogen and oxygen atoms in total. The zero-order valence-electron chi connectivity index (χ0n) is 20.2. The number of ether oxygens (including phenoxy) is 4. The van der Waals surface area contributed by atoms with E-state index in [0.717, 1.165) is 5.56 Å². The molecule has 3 aromatic carbocycles. The summed E-state index contributed by atoms with van der Waals surface area (Å²) in [5, 5.41) is 3.38. The minimum absolute atomic E-state index is 0.244. The molecule has 0 aliphatic rings. The van der Waals surface area contributed by atoms with Gasteiger partial charge in [0.2, 0.25) is 0 Å². The van der Waals surface area contributed by atoms with Crippen molar-refractivity contribution in [1.29, 1.82) is 0 Å². The number of benzene rings is 3. The summed E-state index contributed by atoms with van der Waals surface area (Å²) < 4.78 is 21.6. The summed E-state index contributed by atoms with van der Waals surface area (Å²) >= 11 is 0. The van der Waals surface area contributed by atoms with Crippen LogP contribution < -0.4 is 19.5 Å². The molecule has 0 unspecified atom stereocenters. The summed E-state index contributed by atoms with van der Waals surface area (Å²) in [5.41, 5.74) is 3.04. The van der Waals surface area contributed by atoms with E-state index in [2.05, 4.69) is 5.32 Å². The Labute approximate surface area is 208 Å². The average molecular weight is 487 g/mol. The number of rotatable bonds is 9. The third kappa shape index (κ3) is 5.72. The van der Waals surface area contributed by atoms with E-state index in [1.54, 1.807) is 69.7 Å². The Bertz CT molecular complexity index is 1380. The maximum Gasteiger partial charge on any atom is 0.338 e. The van der Waals surface area contributed by atoms with Crippen LogP contribution in [-0.4, -0.2) is 44.3 Å². The van der Waals surface area contributed by atoms with Crippen LogP contribution in [0.25, 0.3) is 22.2 Å². The van der Waals surface area contributed by atoms with Crippen LogP contribution >= 0.6 is 0 Å². The quantitative estimate of drug-likeness (QED) is 0.328. The van der Waals surface area contributed by atoms with Gasteiger partial charge in [0.15, 0.2) is 6.61 Å². The Kier molecular flexibility index (Phi) is 7.65. The van der Waals surface area contributed by atoms with Gasteiger partial charge < -0.3 is 24.3 Å². The second kappa shape index (κ2) is 11.2. The molecule has 4 rings (SSSR count). The van der Waals surface area contributed by atoms with Crippen LogP contribution in [0.5, 0.6) is 17.2 Å². The second-order valence-corrected chi connectivity index (χ2v) is 7.76. The number of fused-ring (bicyclic) bond motifs is 1. The molecule has 36 heavy (non-hydrogen) atoms. The normalized spacial score (nSPS) is 10.5. The summed E-state index contributed by atoms with van der Waals surface area (Å²) in [6.45, 7) is 1.77. The van der Waals surface area contributed by atoms with Gasteiger partial charge in [-0.3, -0.25) is 4.79 Å². The smallest absolute Gasteiger partial charge is 0.338 e. The molecule has 0 spiro atoms. The largest absolute Gasteiger partial charge is 0.497 e. The van der Waals surface area contributed by atoms with Crippen LogP contribution in [0.2, 0.25) is 0 Å². The van der Waals surface area contributed by atoms with Crippen molar-refractivity contribution in [3.05, 3.63) is 78.4 Å². The lowest BCUT2D eigenvalue weighted by atomic mass is 10.1. The van der Waals surface area contributed by atoms with Crippen molar-refractivity contribution in [2.45, 2.75) is 6.92 Å². The fourth-order valence-electron chi connectivity index (χ4n) is 3.60. The lowest BCUT2D eigenvalue weighted by Gasteiger charge is -2.13. The van der Waals surface area contributed by atoms with Gasteiger partial charge in [-0.2, -0.15) is 0 Å². The van der Waals surface area contributed by atoms with Gasteiger partial charge in [0.25, 0.3) is 5.91 Å². The molecule has 0 bridgehead atoms. The molecule has 0 atom stereocenters. The lowest BCUT2D eigenvalue weighted by molar-refractivity contribution is -0.118. The standard InChI is InChI=1S/C28H26N2O6/c1-4-35-28(32)19-8-13-24-23(15-19)26(16-25(30-24)18-6-5-7-22(14-18)34-3)36-17-27(31)29-20-9-11-21(33-2)12-10-20/h5-16H,4,17H2,1-3H3,(H,29,31). The molecule has 0 fully saturated rings. The van der Waals surface area contributed by atoms with E-state index in [-0.39, 0.29) is 19.1 Å². The summed E-state index contributed by atoms with van der Waals surface area (Å²) in [6.07, 6.45) is 0. The van der Waals surface area contributed by atoms with E-state index in [1.165, 1.54) is 0 Å². The molecule has 8 heteroatoms. The summed E-state index contributed by atoms with van der Waals surface area (Å²) in [7, 11) is 3.17. The van der Waals surface area contributed by atoms with E-state index in [0.29, 0.717) is 45.1 Å². The first-order valence-electron chi connectivity index (χ1n) is 11.3. The number of nitrogens with zero attached hydrogens (tertiary/aromatic N) is 1. The van der Waals surface area contributed by atoms with E-state index in [1.807, 2.05) is 24.3 Å². The molecule has 0 saturated heterocycles. The number of amides is 1. The van der Waals surface area contributed by atoms with Crippen molar-refractivity contribution in [3.8, 4) is 28.5 Å². The minimum atomic E-state index is -0.445. The van der Waals surface area contributed by atoms with Crippen LogP contribution in [0.15, 0.2) is 72.8 Å². The van der Waals surface area contributed by atoms with Crippen molar-refractivity contribution in [2.75, 3.05) is 32.8 Å². The molecule has 0 aliphatic heterocycles. The number of aromatic nitrogens is 1. The highest BCUT2D eigenvalue weighted by Crippen LogP contribution is 2.32. The third-order valence-electron chi connectivity index (χ3n) is 5.38. The van der Waals surface area contributed by atoms with Gasteiger partial charge >= 0.3 is 5.97 Å². The van der Waals surface area contributed by atoms with Gasteiger partial charge in [-0.05, 0) is 61.5 Å². The summed E-state index contributed by atoms with van der Waals surface area (Å²) in [5.74, 6) is 1.01. The average Bonchev–Trinajstić information content (AvgIpc) is 2.91. The SMILES string of the molecule is CCOC(=O)c1ccc2nc(-c3cccc(OC)c3)cc(OCC(=O)Nc3ccc(OC)cc3)c2c1. The Morgan fingerprint density at radius 1 is 0.889 bits per heavy atom. The zero-order valence-corrected chi connectivity index (χ0v) is 20.2. The summed E-state index contributed by atoms with van der Waals surface area (Å²) in [4.78, 5) is 29.6. The number of carbonyl (C=O) groups excluding carboxylic acids is 2. The van der Waals surface area contributed by atoms with Gasteiger partial charge in [0, 0.05) is 22.7 Å². The van der Waals surface area contributed by atoms with Crippen molar-refractivity contribution < 1.29 is 28.5 Å². The molecule has 1 amide bonds. The highest BCUT2D eigenvalue weighted by atomic mass is 16.5. The topological polar surface area (TPSA) is 96.0 Å². The highest BCUT2D eigenvalue weighted by Gasteiger charge is 2.15. The molecule has 0 aliphatic carbocycles. The number of esters is 1. The molecule has 1 N–H and O–H groups in total. The van der Waals surface area contributed by atoms with E-state index >= 15 is 0 Å². The first kappa shape index (κ1) is 24.5. The number of pyridine rings is 1.